The topological polar surface area (TPSA) is 64.3 Å². The van der Waals surface area contributed by atoms with Crippen LogP contribution >= 0.6 is 0 Å². The minimum atomic E-state index is -0.727. The molecule has 1 fully saturated rings. The first-order valence-electron chi connectivity index (χ1n) is 6.04. The average Bonchev–Trinajstić information content (AvgIpc) is 3.13. The van der Waals surface area contributed by atoms with Gasteiger partial charge in [0.25, 0.3) is 5.91 Å². The van der Waals surface area contributed by atoms with Crippen LogP contribution in [0.4, 0.5) is 4.39 Å². The molecule has 98 valence electrons. The fourth-order valence-electron chi connectivity index (χ4n) is 1.59. The van der Waals surface area contributed by atoms with Crippen molar-refractivity contribution in [2.45, 2.75) is 38.5 Å². The van der Waals surface area contributed by atoms with E-state index < -0.39 is 12.0 Å². The molecular weight excluding hydrogens is 235 g/mol. The lowest BCUT2D eigenvalue weighted by Gasteiger charge is -2.15. The number of hydrogen-bond donors (Lipinski definition) is 2. The van der Waals surface area contributed by atoms with Gasteiger partial charge in [-0.1, -0.05) is 0 Å². The second-order valence-electron chi connectivity index (χ2n) is 4.57. The highest BCUT2D eigenvalue weighted by atomic mass is 19.1. The number of nitrogens with two attached hydrogens (primary N) is 1. The van der Waals surface area contributed by atoms with Gasteiger partial charge in [0.2, 0.25) is 0 Å². The number of carbonyl (C=O) groups is 1. The van der Waals surface area contributed by atoms with Crippen LogP contribution in [-0.2, 0) is 11.3 Å². The van der Waals surface area contributed by atoms with Gasteiger partial charge in [0.1, 0.15) is 11.6 Å². The van der Waals surface area contributed by atoms with Gasteiger partial charge in [0.05, 0.1) is 0 Å². The summed E-state index contributed by atoms with van der Waals surface area (Å²) in [6.07, 6.45) is 1.59. The molecule has 1 aliphatic carbocycles. The summed E-state index contributed by atoms with van der Waals surface area (Å²) in [5, 5.41) is 3.28. The van der Waals surface area contributed by atoms with Gasteiger partial charge < -0.3 is 15.8 Å². The molecule has 1 unspecified atom stereocenters. The minimum Gasteiger partial charge on any atom is -0.481 e. The van der Waals surface area contributed by atoms with Gasteiger partial charge in [-0.05, 0) is 38.0 Å². The van der Waals surface area contributed by atoms with Crippen LogP contribution in [0.5, 0.6) is 5.75 Å². The summed E-state index contributed by atoms with van der Waals surface area (Å²) in [5.41, 5.74) is 5.85. The van der Waals surface area contributed by atoms with Crippen molar-refractivity contribution in [3.8, 4) is 5.75 Å². The molecule has 0 aliphatic heterocycles. The minimum absolute atomic E-state index is 0.318. The van der Waals surface area contributed by atoms with Crippen molar-refractivity contribution in [2.75, 3.05) is 0 Å². The van der Waals surface area contributed by atoms with Crippen LogP contribution < -0.4 is 15.8 Å². The van der Waals surface area contributed by atoms with E-state index in [-0.39, 0.29) is 5.82 Å². The second-order valence-corrected chi connectivity index (χ2v) is 4.57. The van der Waals surface area contributed by atoms with Crippen molar-refractivity contribution in [3.05, 3.63) is 29.6 Å². The Morgan fingerprint density at radius 1 is 1.61 bits per heavy atom. The lowest BCUT2D eigenvalue weighted by atomic mass is 10.2. The van der Waals surface area contributed by atoms with Crippen LogP contribution in [0, 0.1) is 5.82 Å². The molecule has 0 heterocycles. The molecule has 1 aromatic rings. The first kappa shape index (κ1) is 12.8. The number of amides is 1. The molecule has 4 nitrogen and oxygen atoms in total. The number of rotatable bonds is 6. The molecule has 1 amide bonds. The van der Waals surface area contributed by atoms with Crippen molar-refractivity contribution in [2.24, 2.45) is 5.73 Å². The fraction of sp³-hybridized carbons (Fsp3) is 0.462. The summed E-state index contributed by atoms with van der Waals surface area (Å²) in [5.74, 6) is -0.363. The van der Waals surface area contributed by atoms with Gasteiger partial charge in [-0.3, -0.25) is 4.79 Å². The Hall–Kier alpha value is -1.62. The highest BCUT2D eigenvalue weighted by molar-refractivity contribution is 5.78. The van der Waals surface area contributed by atoms with E-state index in [1.54, 1.807) is 6.92 Å². The molecule has 2 rings (SSSR count). The molecule has 1 saturated carbocycles. The molecule has 3 N–H and O–H groups in total. The molecule has 5 heteroatoms. The highest BCUT2D eigenvalue weighted by Crippen LogP contribution is 2.24. The average molecular weight is 252 g/mol. The van der Waals surface area contributed by atoms with Gasteiger partial charge in [0, 0.05) is 18.2 Å². The fourth-order valence-corrected chi connectivity index (χ4v) is 1.59. The number of hydrogen-bond acceptors (Lipinski definition) is 3. The molecule has 1 aromatic carbocycles. The third-order valence-corrected chi connectivity index (χ3v) is 2.89. The number of benzene rings is 1. The van der Waals surface area contributed by atoms with E-state index in [0.29, 0.717) is 23.9 Å². The largest absolute Gasteiger partial charge is 0.481 e. The van der Waals surface area contributed by atoms with Gasteiger partial charge in [-0.15, -0.1) is 0 Å². The molecule has 0 radical (unpaired) electrons. The highest BCUT2D eigenvalue weighted by Gasteiger charge is 2.21. The summed E-state index contributed by atoms with van der Waals surface area (Å²) < 4.78 is 18.6. The number of halogens is 1. The zero-order chi connectivity index (χ0) is 13.1. The van der Waals surface area contributed by atoms with E-state index in [1.807, 2.05) is 0 Å². The predicted octanol–water partition coefficient (Wildman–Crippen LogP) is 1.33. The molecular formula is C13H17FN2O2. The van der Waals surface area contributed by atoms with Crippen molar-refractivity contribution in [1.82, 2.24) is 5.32 Å². The Bertz CT molecular complexity index is 447. The molecule has 1 atom stereocenters. The SMILES string of the molecule is CC(Oc1ccc(F)cc1CNC1CC1)C(N)=O. The molecule has 0 bridgehead atoms. The van der Waals surface area contributed by atoms with E-state index >= 15 is 0 Å². The lowest BCUT2D eigenvalue weighted by molar-refractivity contribution is -0.124. The first-order valence-corrected chi connectivity index (χ1v) is 6.04. The Kier molecular flexibility index (Phi) is 3.81. The third kappa shape index (κ3) is 3.43. The summed E-state index contributed by atoms with van der Waals surface area (Å²) in [7, 11) is 0. The summed E-state index contributed by atoms with van der Waals surface area (Å²) >= 11 is 0. The quantitative estimate of drug-likeness (QED) is 0.802. The molecule has 0 aromatic heterocycles. The van der Waals surface area contributed by atoms with Crippen LogP contribution in [0.15, 0.2) is 18.2 Å². The van der Waals surface area contributed by atoms with Gasteiger partial charge in [-0.2, -0.15) is 0 Å². The Labute approximate surface area is 105 Å². The second kappa shape index (κ2) is 5.35. The van der Waals surface area contributed by atoms with Crippen molar-refractivity contribution in [3.63, 3.8) is 0 Å². The predicted molar refractivity (Wildman–Crippen MR) is 65.5 cm³/mol. The summed E-state index contributed by atoms with van der Waals surface area (Å²) in [4.78, 5) is 11.0. The van der Waals surface area contributed by atoms with Gasteiger partial charge in [0.15, 0.2) is 6.10 Å². The summed E-state index contributed by atoms with van der Waals surface area (Å²) in [6.45, 7) is 2.10. The maximum Gasteiger partial charge on any atom is 0.258 e. The third-order valence-electron chi connectivity index (χ3n) is 2.89. The zero-order valence-corrected chi connectivity index (χ0v) is 10.3. The van der Waals surface area contributed by atoms with Crippen molar-refractivity contribution in [1.29, 1.82) is 0 Å². The monoisotopic (exact) mass is 252 g/mol. The normalized spacial score (nSPS) is 16.3. The Morgan fingerprint density at radius 3 is 2.94 bits per heavy atom. The molecule has 1 aliphatic rings. The van der Waals surface area contributed by atoms with Gasteiger partial charge >= 0.3 is 0 Å². The van der Waals surface area contributed by atoms with Crippen LogP contribution in [-0.4, -0.2) is 18.1 Å². The van der Waals surface area contributed by atoms with E-state index in [9.17, 15) is 9.18 Å². The number of ether oxygens (including phenoxy) is 1. The number of primary amides is 1. The molecule has 18 heavy (non-hydrogen) atoms. The van der Waals surface area contributed by atoms with E-state index in [0.717, 1.165) is 12.8 Å². The van der Waals surface area contributed by atoms with Crippen LogP contribution in [0.1, 0.15) is 25.3 Å². The number of carbonyl (C=O) groups excluding carboxylic acids is 1. The maximum atomic E-state index is 13.2. The lowest BCUT2D eigenvalue weighted by Crippen LogP contribution is -2.31. The van der Waals surface area contributed by atoms with Crippen molar-refractivity contribution < 1.29 is 13.9 Å². The Balaban J connectivity index is 2.08. The molecule has 0 saturated heterocycles. The van der Waals surface area contributed by atoms with Crippen LogP contribution in [0.25, 0.3) is 0 Å². The van der Waals surface area contributed by atoms with Crippen LogP contribution in [0.2, 0.25) is 0 Å². The smallest absolute Gasteiger partial charge is 0.258 e. The van der Waals surface area contributed by atoms with E-state index in [2.05, 4.69) is 5.32 Å². The maximum absolute atomic E-state index is 13.2. The molecule has 0 spiro atoms. The van der Waals surface area contributed by atoms with Crippen LogP contribution in [0.3, 0.4) is 0 Å². The van der Waals surface area contributed by atoms with E-state index in [1.165, 1.54) is 18.2 Å². The number of nitrogens with one attached hydrogen (secondary N) is 1. The van der Waals surface area contributed by atoms with Crippen molar-refractivity contribution >= 4 is 5.91 Å². The Morgan fingerprint density at radius 2 is 2.33 bits per heavy atom. The standard InChI is InChI=1S/C13H17FN2O2/c1-8(13(15)17)18-12-5-2-10(14)6-9(12)7-16-11-3-4-11/h2,5-6,8,11,16H,3-4,7H2,1H3,(H2,15,17). The zero-order valence-electron chi connectivity index (χ0n) is 10.3. The van der Waals surface area contributed by atoms with Gasteiger partial charge in [-0.25, -0.2) is 4.39 Å². The van der Waals surface area contributed by atoms with E-state index in [4.69, 9.17) is 10.5 Å². The first-order chi connectivity index (χ1) is 8.56. The summed E-state index contributed by atoms with van der Waals surface area (Å²) in [6, 6.07) is 4.77.